The van der Waals surface area contributed by atoms with Gasteiger partial charge in [-0.15, -0.1) is 0 Å². The van der Waals surface area contributed by atoms with Crippen molar-refractivity contribution in [2.45, 2.75) is 0 Å². The Morgan fingerprint density at radius 3 is 2.35 bits per heavy atom. The molecule has 0 saturated carbocycles. The number of nitrogens with two attached hydrogens (primary N) is 1. The summed E-state index contributed by atoms with van der Waals surface area (Å²) in [6.07, 6.45) is 0. The summed E-state index contributed by atoms with van der Waals surface area (Å²) >= 11 is 3.20. The number of nitrogens with zero attached hydrogens (tertiary/aromatic N) is 2. The Hall–Kier alpha value is -1.16. The molecule has 20 heavy (non-hydrogen) atoms. The van der Waals surface area contributed by atoms with Crippen molar-refractivity contribution in [3.8, 4) is 5.75 Å². The van der Waals surface area contributed by atoms with Crippen LogP contribution in [0.5, 0.6) is 5.75 Å². The van der Waals surface area contributed by atoms with Crippen molar-refractivity contribution in [1.82, 2.24) is 9.21 Å². The second-order valence-electron chi connectivity index (χ2n) is 4.40. The molecule has 1 aliphatic rings. The molecule has 0 unspecified atom stereocenters. The second-order valence-corrected chi connectivity index (χ2v) is 6.86. The Morgan fingerprint density at radius 2 is 1.85 bits per heavy atom. The molecule has 1 saturated heterocycles. The van der Waals surface area contributed by atoms with Gasteiger partial charge in [0, 0.05) is 30.7 Å². The summed E-state index contributed by atoms with van der Waals surface area (Å²) in [5.41, 5.74) is 0.192. The van der Waals surface area contributed by atoms with Gasteiger partial charge in [-0.1, -0.05) is 15.9 Å². The molecular formula is C11H14BrN3O4S. The Labute approximate surface area is 125 Å². The summed E-state index contributed by atoms with van der Waals surface area (Å²) in [5, 5.41) is 14.8. The largest absolute Gasteiger partial charge is 0.507 e. The Kier molecular flexibility index (Phi) is 4.33. The number of aromatic hydroxyl groups is 1. The SMILES string of the molecule is NS(=O)(=O)N1CCN(C(=O)c2ccc(Br)cc2O)CC1. The molecule has 7 nitrogen and oxygen atoms in total. The van der Waals surface area contributed by atoms with Crippen molar-refractivity contribution in [3.63, 3.8) is 0 Å². The van der Waals surface area contributed by atoms with Crippen molar-refractivity contribution in [2.75, 3.05) is 26.2 Å². The molecule has 1 aliphatic heterocycles. The number of phenolic OH excluding ortho intramolecular Hbond substituents is 1. The minimum absolute atomic E-state index is 0.113. The minimum atomic E-state index is -3.71. The standard InChI is InChI=1S/C11H14BrN3O4S/c12-8-1-2-9(10(16)7-8)11(17)14-3-5-15(6-4-14)20(13,18)19/h1-2,7,16H,3-6H2,(H2,13,18,19). The van der Waals surface area contributed by atoms with Crippen molar-refractivity contribution in [3.05, 3.63) is 28.2 Å². The average molecular weight is 364 g/mol. The van der Waals surface area contributed by atoms with Crippen LogP contribution in [-0.2, 0) is 10.2 Å². The van der Waals surface area contributed by atoms with E-state index in [2.05, 4.69) is 15.9 Å². The van der Waals surface area contributed by atoms with Crippen LogP contribution in [-0.4, -0.2) is 54.8 Å². The number of hydrogen-bond acceptors (Lipinski definition) is 4. The molecule has 1 heterocycles. The summed E-state index contributed by atoms with van der Waals surface area (Å²) in [5.74, 6) is -0.442. The van der Waals surface area contributed by atoms with E-state index in [-0.39, 0.29) is 43.4 Å². The fourth-order valence-electron chi connectivity index (χ4n) is 2.00. The van der Waals surface area contributed by atoms with Crippen LogP contribution in [0.4, 0.5) is 0 Å². The van der Waals surface area contributed by atoms with Crippen molar-refractivity contribution < 1.29 is 18.3 Å². The molecule has 1 amide bonds. The number of amides is 1. The van der Waals surface area contributed by atoms with Gasteiger partial charge in [0.25, 0.3) is 16.1 Å². The first-order valence-corrected chi connectivity index (χ1v) is 8.14. The third-order valence-electron chi connectivity index (χ3n) is 3.08. The lowest BCUT2D eigenvalue weighted by molar-refractivity contribution is 0.0695. The van der Waals surface area contributed by atoms with E-state index in [4.69, 9.17) is 5.14 Å². The lowest BCUT2D eigenvalue weighted by Crippen LogP contribution is -2.52. The van der Waals surface area contributed by atoms with E-state index >= 15 is 0 Å². The van der Waals surface area contributed by atoms with Crippen LogP contribution in [0.2, 0.25) is 0 Å². The molecule has 0 aromatic heterocycles. The van der Waals surface area contributed by atoms with Crippen LogP contribution < -0.4 is 5.14 Å². The van der Waals surface area contributed by atoms with Crippen molar-refractivity contribution >= 4 is 32.0 Å². The van der Waals surface area contributed by atoms with E-state index in [1.807, 2.05) is 0 Å². The summed E-state index contributed by atoms with van der Waals surface area (Å²) in [6, 6.07) is 4.62. The Morgan fingerprint density at radius 1 is 1.25 bits per heavy atom. The number of carbonyl (C=O) groups excluding carboxylic acids is 1. The van der Waals surface area contributed by atoms with Gasteiger partial charge in [0.1, 0.15) is 5.75 Å². The number of phenols is 1. The van der Waals surface area contributed by atoms with E-state index in [1.54, 1.807) is 6.07 Å². The predicted octanol–water partition coefficient (Wildman–Crippen LogP) is 0.116. The zero-order chi connectivity index (χ0) is 14.9. The fraction of sp³-hybridized carbons (Fsp3) is 0.364. The number of carbonyl (C=O) groups is 1. The Bertz CT molecular complexity index is 627. The van der Waals surface area contributed by atoms with Gasteiger partial charge in [0.2, 0.25) is 0 Å². The van der Waals surface area contributed by atoms with Gasteiger partial charge in [0.05, 0.1) is 5.56 Å². The highest BCUT2D eigenvalue weighted by molar-refractivity contribution is 9.10. The molecule has 1 aromatic rings. The molecule has 0 radical (unpaired) electrons. The van der Waals surface area contributed by atoms with Crippen molar-refractivity contribution in [1.29, 1.82) is 0 Å². The molecule has 2 rings (SSSR count). The molecule has 1 fully saturated rings. The van der Waals surface area contributed by atoms with Crippen LogP contribution in [0.25, 0.3) is 0 Å². The van der Waals surface area contributed by atoms with E-state index < -0.39 is 10.2 Å². The number of rotatable bonds is 2. The first-order valence-electron chi connectivity index (χ1n) is 5.84. The lowest BCUT2D eigenvalue weighted by atomic mass is 10.1. The third kappa shape index (κ3) is 3.29. The highest BCUT2D eigenvalue weighted by Crippen LogP contribution is 2.24. The molecule has 0 bridgehead atoms. The molecule has 3 N–H and O–H groups in total. The maximum Gasteiger partial charge on any atom is 0.277 e. The summed E-state index contributed by atoms with van der Waals surface area (Å²) in [7, 11) is -3.71. The zero-order valence-electron chi connectivity index (χ0n) is 10.5. The molecule has 1 aromatic carbocycles. The smallest absolute Gasteiger partial charge is 0.277 e. The van der Waals surface area contributed by atoms with E-state index in [0.717, 1.165) is 4.31 Å². The van der Waals surface area contributed by atoms with Gasteiger partial charge < -0.3 is 10.0 Å². The first-order chi connectivity index (χ1) is 9.29. The third-order valence-corrected chi connectivity index (χ3v) is 4.65. The highest BCUT2D eigenvalue weighted by Gasteiger charge is 2.27. The normalized spacial score (nSPS) is 17.2. The summed E-state index contributed by atoms with van der Waals surface area (Å²) < 4.78 is 24.2. The van der Waals surface area contributed by atoms with Crippen LogP contribution in [0, 0.1) is 0 Å². The maximum atomic E-state index is 12.2. The van der Waals surface area contributed by atoms with E-state index in [0.29, 0.717) is 4.47 Å². The van der Waals surface area contributed by atoms with Crippen LogP contribution in [0.3, 0.4) is 0 Å². The average Bonchev–Trinajstić information content (AvgIpc) is 2.37. The quantitative estimate of drug-likeness (QED) is 0.778. The molecule has 0 atom stereocenters. The monoisotopic (exact) mass is 363 g/mol. The van der Waals surface area contributed by atoms with Gasteiger partial charge >= 0.3 is 0 Å². The molecule has 110 valence electrons. The number of piperazine rings is 1. The highest BCUT2D eigenvalue weighted by atomic mass is 79.9. The zero-order valence-corrected chi connectivity index (χ0v) is 12.9. The number of halogens is 1. The van der Waals surface area contributed by atoms with Crippen LogP contribution in [0.15, 0.2) is 22.7 Å². The number of benzene rings is 1. The first kappa shape index (κ1) is 15.2. The van der Waals surface area contributed by atoms with Gasteiger partial charge in [-0.3, -0.25) is 4.79 Å². The second kappa shape index (κ2) is 5.68. The van der Waals surface area contributed by atoms with Crippen molar-refractivity contribution in [2.24, 2.45) is 5.14 Å². The lowest BCUT2D eigenvalue weighted by Gasteiger charge is -2.33. The van der Waals surface area contributed by atoms with Crippen LogP contribution >= 0.6 is 15.9 Å². The fourth-order valence-corrected chi connectivity index (χ4v) is 3.02. The number of hydrogen-bond donors (Lipinski definition) is 2. The molecule has 0 spiro atoms. The molecule has 9 heteroatoms. The van der Waals surface area contributed by atoms with Crippen LogP contribution in [0.1, 0.15) is 10.4 Å². The summed E-state index contributed by atoms with van der Waals surface area (Å²) in [4.78, 5) is 13.7. The van der Waals surface area contributed by atoms with Gasteiger partial charge in [-0.05, 0) is 18.2 Å². The molecular weight excluding hydrogens is 350 g/mol. The van der Waals surface area contributed by atoms with E-state index in [1.165, 1.54) is 17.0 Å². The van der Waals surface area contributed by atoms with Gasteiger partial charge in [-0.2, -0.15) is 12.7 Å². The Balaban J connectivity index is 2.09. The molecule has 0 aliphatic carbocycles. The topological polar surface area (TPSA) is 104 Å². The minimum Gasteiger partial charge on any atom is -0.507 e. The van der Waals surface area contributed by atoms with Gasteiger partial charge in [-0.25, -0.2) is 5.14 Å². The summed E-state index contributed by atoms with van der Waals surface area (Å²) in [6.45, 7) is 0.791. The maximum absolute atomic E-state index is 12.2. The van der Waals surface area contributed by atoms with Gasteiger partial charge in [0.15, 0.2) is 0 Å². The predicted molar refractivity (Wildman–Crippen MR) is 76.4 cm³/mol. The van der Waals surface area contributed by atoms with E-state index in [9.17, 15) is 18.3 Å².